The summed E-state index contributed by atoms with van der Waals surface area (Å²) in [6.45, 7) is 1.72. The Morgan fingerprint density at radius 2 is 2.28 bits per heavy atom. The second-order valence-corrected chi connectivity index (χ2v) is 4.51. The Balaban J connectivity index is 2.27. The first-order valence-corrected chi connectivity index (χ1v) is 5.97. The van der Waals surface area contributed by atoms with E-state index in [0.29, 0.717) is 10.8 Å². The van der Waals surface area contributed by atoms with Crippen LogP contribution in [0, 0.1) is 0 Å². The minimum absolute atomic E-state index is 0.0458. The van der Waals surface area contributed by atoms with Crippen LogP contribution in [-0.2, 0) is 4.79 Å². The van der Waals surface area contributed by atoms with Gasteiger partial charge >= 0.3 is 0 Å². The molecule has 0 spiro atoms. The number of rotatable bonds is 2. The van der Waals surface area contributed by atoms with E-state index in [-0.39, 0.29) is 18.4 Å². The third kappa shape index (κ3) is 2.62. The van der Waals surface area contributed by atoms with Crippen LogP contribution >= 0.6 is 11.6 Å². The van der Waals surface area contributed by atoms with E-state index >= 15 is 0 Å². The van der Waals surface area contributed by atoms with Gasteiger partial charge in [0.05, 0.1) is 12.7 Å². The molecule has 1 aromatic rings. The first-order chi connectivity index (χ1) is 8.61. The van der Waals surface area contributed by atoms with Crippen molar-refractivity contribution in [3.63, 3.8) is 0 Å². The van der Waals surface area contributed by atoms with Crippen LogP contribution in [0.2, 0.25) is 5.02 Å². The molecule has 2 rings (SSSR count). The predicted molar refractivity (Wildman–Crippen MR) is 69.3 cm³/mol. The first-order valence-electron chi connectivity index (χ1n) is 5.60. The highest BCUT2D eigenvalue weighted by atomic mass is 35.5. The van der Waals surface area contributed by atoms with Gasteiger partial charge in [-0.25, -0.2) is 10.8 Å². The summed E-state index contributed by atoms with van der Waals surface area (Å²) in [5.41, 5.74) is 2.37. The fourth-order valence-electron chi connectivity index (χ4n) is 1.82. The van der Waals surface area contributed by atoms with Gasteiger partial charge < -0.3 is 9.80 Å². The molecular weight excluding hydrogens is 256 g/mol. The molecule has 1 aliphatic heterocycles. The summed E-state index contributed by atoms with van der Waals surface area (Å²) in [7, 11) is 1.79. The number of halogens is 1. The molecule has 0 aliphatic carbocycles. The fraction of sp³-hybridized carbons (Fsp3) is 0.500. The average Bonchev–Trinajstić information content (AvgIpc) is 2.53. The first kappa shape index (κ1) is 12.8. The monoisotopic (exact) mass is 270 g/mol. The minimum Gasteiger partial charge on any atom is -0.346 e. The number of likely N-dealkylation sites (N-methyl/N-ethyl adjacent to an activating group) is 1. The Morgan fingerprint density at radius 1 is 1.50 bits per heavy atom. The lowest BCUT2D eigenvalue weighted by atomic mass is 10.4. The molecule has 0 atom stereocenters. The van der Waals surface area contributed by atoms with Crippen LogP contribution in [0.5, 0.6) is 0 Å². The number of anilines is 2. The van der Waals surface area contributed by atoms with E-state index in [1.54, 1.807) is 11.9 Å². The second-order valence-electron chi connectivity index (χ2n) is 4.10. The Morgan fingerprint density at radius 3 is 3.00 bits per heavy atom. The third-order valence-electron chi connectivity index (χ3n) is 2.83. The number of nitrogens with one attached hydrogen (secondary N) is 1. The van der Waals surface area contributed by atoms with E-state index in [0.717, 1.165) is 19.5 Å². The molecule has 0 unspecified atom stereocenters. The molecule has 3 N–H and O–H groups in total. The molecule has 0 radical (unpaired) electrons. The van der Waals surface area contributed by atoms with Crippen molar-refractivity contribution in [1.82, 2.24) is 14.9 Å². The molecule has 1 fully saturated rings. The van der Waals surface area contributed by atoms with Gasteiger partial charge in [0.25, 0.3) is 0 Å². The van der Waals surface area contributed by atoms with Crippen LogP contribution in [0.25, 0.3) is 0 Å². The number of hydrazine groups is 1. The molecule has 0 aromatic carbocycles. The highest BCUT2D eigenvalue weighted by Crippen LogP contribution is 2.24. The Bertz CT molecular complexity index is 454. The molecule has 1 amide bonds. The molecule has 1 aromatic heterocycles. The summed E-state index contributed by atoms with van der Waals surface area (Å²) in [6, 6.07) is 0. The molecule has 0 saturated carbocycles. The van der Waals surface area contributed by atoms with Crippen LogP contribution < -0.4 is 16.2 Å². The lowest BCUT2D eigenvalue weighted by Gasteiger charge is -2.21. The number of hydrogen-bond acceptors (Lipinski definition) is 6. The fourth-order valence-corrected chi connectivity index (χ4v) is 2.03. The van der Waals surface area contributed by atoms with Gasteiger partial charge in [0, 0.05) is 20.1 Å². The largest absolute Gasteiger partial charge is 0.346 e. The van der Waals surface area contributed by atoms with Gasteiger partial charge in [-0.1, -0.05) is 11.6 Å². The lowest BCUT2D eigenvalue weighted by Crippen LogP contribution is -2.35. The van der Waals surface area contributed by atoms with Gasteiger partial charge in [-0.05, 0) is 6.42 Å². The number of nitrogens with zero attached hydrogens (tertiary/aromatic N) is 4. The van der Waals surface area contributed by atoms with Crippen LogP contribution in [0.1, 0.15) is 6.42 Å². The van der Waals surface area contributed by atoms with E-state index in [9.17, 15) is 4.79 Å². The molecule has 2 heterocycles. The van der Waals surface area contributed by atoms with Crippen LogP contribution in [0.15, 0.2) is 6.20 Å². The minimum atomic E-state index is 0.0458. The predicted octanol–water partition coefficient (Wildman–Crippen LogP) is 0.0841. The van der Waals surface area contributed by atoms with Crippen molar-refractivity contribution in [1.29, 1.82) is 0 Å². The van der Waals surface area contributed by atoms with E-state index in [1.165, 1.54) is 6.20 Å². The summed E-state index contributed by atoms with van der Waals surface area (Å²) in [6.07, 6.45) is 2.34. The summed E-state index contributed by atoms with van der Waals surface area (Å²) in [5, 5.41) is 0.409. The zero-order chi connectivity index (χ0) is 13.1. The van der Waals surface area contributed by atoms with Gasteiger partial charge in [-0.3, -0.25) is 10.2 Å². The van der Waals surface area contributed by atoms with Gasteiger partial charge in [-0.15, -0.1) is 0 Å². The molecule has 98 valence electrons. The quantitative estimate of drug-likeness (QED) is 0.585. The van der Waals surface area contributed by atoms with Gasteiger partial charge in [0.15, 0.2) is 5.82 Å². The molecule has 18 heavy (non-hydrogen) atoms. The van der Waals surface area contributed by atoms with Gasteiger partial charge in [0.2, 0.25) is 11.9 Å². The highest BCUT2D eigenvalue weighted by molar-refractivity contribution is 6.32. The molecule has 0 bridgehead atoms. The zero-order valence-electron chi connectivity index (χ0n) is 10.1. The van der Waals surface area contributed by atoms with E-state index < -0.39 is 0 Å². The van der Waals surface area contributed by atoms with Crippen molar-refractivity contribution >= 4 is 29.3 Å². The van der Waals surface area contributed by atoms with Crippen molar-refractivity contribution in [3.8, 4) is 0 Å². The highest BCUT2D eigenvalue weighted by Gasteiger charge is 2.22. The standard InChI is InChI=1S/C10H15ClN6O/c1-16-3-2-4-17(6-8(16)18)9-7(11)5-13-10(14-9)15-12/h5H,2-4,6,12H2,1H3,(H,13,14,15). The number of amides is 1. The Labute approximate surface area is 110 Å². The van der Waals surface area contributed by atoms with Crippen LogP contribution in [0.3, 0.4) is 0 Å². The normalized spacial score (nSPS) is 16.7. The van der Waals surface area contributed by atoms with Crippen molar-refractivity contribution < 1.29 is 4.79 Å². The summed E-state index contributed by atoms with van der Waals surface area (Å²) in [4.78, 5) is 23.5. The second kappa shape index (κ2) is 5.36. The van der Waals surface area contributed by atoms with E-state index in [4.69, 9.17) is 17.4 Å². The lowest BCUT2D eigenvalue weighted by molar-refractivity contribution is -0.127. The van der Waals surface area contributed by atoms with E-state index in [1.807, 2.05) is 4.90 Å². The van der Waals surface area contributed by atoms with Crippen molar-refractivity contribution in [2.24, 2.45) is 5.84 Å². The Hall–Kier alpha value is -1.60. The third-order valence-corrected chi connectivity index (χ3v) is 3.09. The summed E-state index contributed by atoms with van der Waals surface area (Å²) in [5.74, 6) is 6.12. The van der Waals surface area contributed by atoms with Crippen LogP contribution in [-0.4, -0.2) is 47.5 Å². The molecule has 7 nitrogen and oxygen atoms in total. The Kier molecular flexibility index (Phi) is 3.83. The maximum absolute atomic E-state index is 11.8. The SMILES string of the molecule is CN1CCCN(c2nc(NN)ncc2Cl)CC1=O. The van der Waals surface area contributed by atoms with Gasteiger partial charge in [0.1, 0.15) is 5.02 Å². The maximum atomic E-state index is 11.8. The number of aromatic nitrogens is 2. The molecule has 1 aliphatic rings. The van der Waals surface area contributed by atoms with Crippen molar-refractivity contribution in [3.05, 3.63) is 11.2 Å². The molecular formula is C10H15ClN6O. The number of hydrogen-bond donors (Lipinski definition) is 2. The van der Waals surface area contributed by atoms with E-state index in [2.05, 4.69) is 15.4 Å². The van der Waals surface area contributed by atoms with Gasteiger partial charge in [-0.2, -0.15) is 4.98 Å². The van der Waals surface area contributed by atoms with Crippen molar-refractivity contribution in [2.75, 3.05) is 37.0 Å². The van der Waals surface area contributed by atoms with Crippen molar-refractivity contribution in [2.45, 2.75) is 6.42 Å². The van der Waals surface area contributed by atoms with Crippen LogP contribution in [0.4, 0.5) is 11.8 Å². The number of nitrogens with two attached hydrogens (primary N) is 1. The number of nitrogen functional groups attached to an aromatic ring is 1. The molecule has 1 saturated heterocycles. The molecule has 8 heteroatoms. The topological polar surface area (TPSA) is 87.4 Å². The smallest absolute Gasteiger partial charge is 0.241 e. The number of carbonyl (C=O) groups is 1. The number of carbonyl (C=O) groups excluding carboxylic acids is 1. The maximum Gasteiger partial charge on any atom is 0.241 e. The zero-order valence-corrected chi connectivity index (χ0v) is 10.8. The average molecular weight is 271 g/mol. The summed E-state index contributed by atoms with van der Waals surface area (Å²) >= 11 is 6.06. The summed E-state index contributed by atoms with van der Waals surface area (Å²) < 4.78 is 0.